The third-order valence-corrected chi connectivity index (χ3v) is 5.29. The summed E-state index contributed by atoms with van der Waals surface area (Å²) in [7, 11) is 0. The van der Waals surface area contributed by atoms with Gasteiger partial charge in [0.1, 0.15) is 5.70 Å². The minimum absolute atomic E-state index is 0.105. The van der Waals surface area contributed by atoms with Crippen molar-refractivity contribution in [3.63, 3.8) is 0 Å². The minimum atomic E-state index is -0.270. The highest BCUT2D eigenvalue weighted by molar-refractivity contribution is 6.35. The van der Waals surface area contributed by atoms with Gasteiger partial charge in [0.25, 0.3) is 11.8 Å². The number of benzene rings is 1. The molecule has 30 heavy (non-hydrogen) atoms. The largest absolute Gasteiger partial charge is 0.395 e. The molecular weight excluding hydrogens is 384 g/mol. The second kappa shape index (κ2) is 9.40. The number of amides is 3. The van der Waals surface area contributed by atoms with Gasteiger partial charge >= 0.3 is 0 Å². The van der Waals surface area contributed by atoms with Crippen molar-refractivity contribution < 1.29 is 19.5 Å². The molecule has 162 valence electrons. The molecule has 0 aromatic heterocycles. The van der Waals surface area contributed by atoms with Gasteiger partial charge < -0.3 is 15.3 Å². The summed E-state index contributed by atoms with van der Waals surface area (Å²) in [6.07, 6.45) is 0. The number of hydrogen-bond acceptors (Lipinski definition) is 6. The highest BCUT2D eigenvalue weighted by Crippen LogP contribution is 2.33. The summed E-state index contributed by atoms with van der Waals surface area (Å²) in [4.78, 5) is 43.2. The van der Waals surface area contributed by atoms with Gasteiger partial charge in [-0.25, -0.2) is 0 Å². The Hall–Kier alpha value is -2.71. The lowest BCUT2D eigenvalue weighted by Gasteiger charge is -2.36. The molecule has 1 aromatic carbocycles. The van der Waals surface area contributed by atoms with Crippen LogP contribution < -0.4 is 5.32 Å². The van der Waals surface area contributed by atoms with E-state index in [1.807, 2.05) is 18.7 Å². The van der Waals surface area contributed by atoms with E-state index in [1.54, 1.807) is 24.3 Å². The van der Waals surface area contributed by atoms with Gasteiger partial charge in [-0.05, 0) is 23.6 Å². The fraction of sp³-hybridized carbons (Fsp3) is 0.500. The van der Waals surface area contributed by atoms with Crippen molar-refractivity contribution in [1.82, 2.24) is 14.7 Å². The fourth-order valence-corrected chi connectivity index (χ4v) is 3.91. The van der Waals surface area contributed by atoms with Gasteiger partial charge in [-0.2, -0.15) is 0 Å². The molecule has 8 nitrogen and oxygen atoms in total. The van der Waals surface area contributed by atoms with Crippen LogP contribution in [0.5, 0.6) is 0 Å². The summed E-state index contributed by atoms with van der Waals surface area (Å²) in [5, 5.41) is 11.9. The van der Waals surface area contributed by atoms with Crippen molar-refractivity contribution in [1.29, 1.82) is 0 Å². The van der Waals surface area contributed by atoms with Crippen molar-refractivity contribution >= 4 is 29.0 Å². The monoisotopic (exact) mass is 414 g/mol. The Morgan fingerprint density at radius 3 is 2.23 bits per heavy atom. The van der Waals surface area contributed by atoms with Crippen LogP contribution >= 0.6 is 0 Å². The van der Waals surface area contributed by atoms with Crippen LogP contribution in [0.2, 0.25) is 0 Å². The maximum absolute atomic E-state index is 13.2. The van der Waals surface area contributed by atoms with Gasteiger partial charge in [-0.15, -0.1) is 0 Å². The summed E-state index contributed by atoms with van der Waals surface area (Å²) in [6, 6.07) is 7.02. The zero-order valence-electron chi connectivity index (χ0n) is 17.9. The van der Waals surface area contributed by atoms with E-state index in [4.69, 9.17) is 5.11 Å². The van der Waals surface area contributed by atoms with Crippen LogP contribution in [0.3, 0.4) is 0 Å². The molecule has 3 amide bonds. The summed E-state index contributed by atoms with van der Waals surface area (Å²) in [5.41, 5.74) is 2.19. The topological polar surface area (TPSA) is 93.2 Å². The minimum Gasteiger partial charge on any atom is -0.395 e. The SMILES string of the molecule is CC(=O)Nc1ccc(C2=C(N3CCN(CCO)CC3)C(=O)N(CC(C)C)C2=O)cc1. The van der Waals surface area contributed by atoms with E-state index in [9.17, 15) is 14.4 Å². The predicted octanol–water partition coefficient (Wildman–Crippen LogP) is 0.991. The van der Waals surface area contributed by atoms with Crippen LogP contribution in [0, 0.1) is 5.92 Å². The van der Waals surface area contributed by atoms with Gasteiger partial charge in [0.2, 0.25) is 5.91 Å². The molecule has 1 fully saturated rings. The number of hydrogen-bond donors (Lipinski definition) is 2. The van der Waals surface area contributed by atoms with Gasteiger partial charge in [-0.1, -0.05) is 26.0 Å². The second-order valence-corrected chi connectivity index (χ2v) is 8.15. The van der Waals surface area contributed by atoms with Crippen molar-refractivity contribution in [2.75, 3.05) is 51.2 Å². The van der Waals surface area contributed by atoms with Gasteiger partial charge in [0.15, 0.2) is 0 Å². The fourth-order valence-electron chi connectivity index (χ4n) is 3.91. The van der Waals surface area contributed by atoms with Crippen LogP contribution in [0.15, 0.2) is 30.0 Å². The Kier molecular flexibility index (Phi) is 6.89. The van der Waals surface area contributed by atoms with Gasteiger partial charge in [0.05, 0.1) is 12.2 Å². The number of β-amino-alcohol motifs (C(OH)–C–C–N with tert-alkyl or cyclic N) is 1. The smallest absolute Gasteiger partial charge is 0.277 e. The lowest BCUT2D eigenvalue weighted by molar-refractivity contribution is -0.138. The van der Waals surface area contributed by atoms with E-state index in [2.05, 4.69) is 10.2 Å². The molecule has 8 heteroatoms. The first-order valence-corrected chi connectivity index (χ1v) is 10.4. The Bertz CT molecular complexity index is 839. The molecule has 0 atom stereocenters. The van der Waals surface area contributed by atoms with E-state index in [1.165, 1.54) is 11.8 Å². The van der Waals surface area contributed by atoms with E-state index in [-0.39, 0.29) is 30.2 Å². The molecule has 2 aliphatic heterocycles. The maximum Gasteiger partial charge on any atom is 0.277 e. The first-order valence-electron chi connectivity index (χ1n) is 10.4. The average molecular weight is 415 g/mol. The number of piperazine rings is 1. The molecule has 2 aliphatic rings. The average Bonchev–Trinajstić information content (AvgIpc) is 2.93. The van der Waals surface area contributed by atoms with E-state index < -0.39 is 0 Å². The summed E-state index contributed by atoms with van der Waals surface area (Å²) in [5.74, 6) is -0.514. The molecule has 0 radical (unpaired) electrons. The molecular formula is C22H30N4O4. The van der Waals surface area contributed by atoms with E-state index >= 15 is 0 Å². The molecule has 0 bridgehead atoms. The Labute approximate surface area is 177 Å². The molecule has 3 rings (SSSR count). The van der Waals surface area contributed by atoms with Crippen LogP contribution in [0.1, 0.15) is 26.3 Å². The molecule has 2 N–H and O–H groups in total. The van der Waals surface area contributed by atoms with Crippen molar-refractivity contribution in [3.8, 4) is 0 Å². The van der Waals surface area contributed by atoms with Gasteiger partial charge in [-0.3, -0.25) is 24.2 Å². The predicted molar refractivity (Wildman–Crippen MR) is 114 cm³/mol. The van der Waals surface area contributed by atoms with Crippen LogP contribution in [-0.2, 0) is 14.4 Å². The van der Waals surface area contributed by atoms with E-state index in [0.29, 0.717) is 48.7 Å². The summed E-state index contributed by atoms with van der Waals surface area (Å²) >= 11 is 0. The molecule has 0 unspecified atom stereocenters. The second-order valence-electron chi connectivity index (χ2n) is 8.15. The lowest BCUT2D eigenvalue weighted by Crippen LogP contribution is -2.48. The zero-order chi connectivity index (χ0) is 21.8. The van der Waals surface area contributed by atoms with Crippen molar-refractivity contribution in [2.24, 2.45) is 5.92 Å². The number of rotatable bonds is 7. The van der Waals surface area contributed by atoms with Crippen LogP contribution in [-0.4, -0.2) is 83.4 Å². The standard InChI is InChI=1S/C22H30N4O4/c1-15(2)14-26-21(29)19(17-4-6-18(7-5-17)23-16(3)28)20(22(26)30)25-10-8-24(9-11-25)12-13-27/h4-7,15,27H,8-14H2,1-3H3,(H,23,28). The van der Waals surface area contributed by atoms with Gasteiger partial charge in [0, 0.05) is 51.9 Å². The number of aliphatic hydroxyl groups is 1. The molecule has 1 saturated heterocycles. The van der Waals surface area contributed by atoms with Crippen LogP contribution in [0.4, 0.5) is 5.69 Å². The molecule has 2 heterocycles. The summed E-state index contributed by atoms with van der Waals surface area (Å²) < 4.78 is 0. The normalized spacial score (nSPS) is 18.0. The Morgan fingerprint density at radius 1 is 1.07 bits per heavy atom. The number of carbonyl (C=O) groups excluding carboxylic acids is 3. The summed E-state index contributed by atoms with van der Waals surface area (Å²) in [6.45, 7) is 9.18. The third kappa shape index (κ3) is 4.71. The first kappa shape index (κ1) is 22.0. The Balaban J connectivity index is 1.94. The third-order valence-electron chi connectivity index (χ3n) is 5.29. The number of nitrogens with one attached hydrogen (secondary N) is 1. The Morgan fingerprint density at radius 2 is 1.70 bits per heavy atom. The zero-order valence-corrected chi connectivity index (χ0v) is 17.9. The molecule has 0 spiro atoms. The maximum atomic E-state index is 13.2. The number of imide groups is 1. The van der Waals surface area contributed by atoms with E-state index in [0.717, 1.165) is 13.1 Å². The highest BCUT2D eigenvalue weighted by atomic mass is 16.3. The van der Waals surface area contributed by atoms with Crippen molar-refractivity contribution in [3.05, 3.63) is 35.5 Å². The number of anilines is 1. The quantitative estimate of drug-likeness (QED) is 0.647. The number of nitrogens with zero attached hydrogens (tertiary/aromatic N) is 3. The number of aliphatic hydroxyl groups excluding tert-OH is 1. The molecule has 0 aliphatic carbocycles. The lowest BCUT2D eigenvalue weighted by atomic mass is 10.0. The molecule has 0 saturated carbocycles. The highest BCUT2D eigenvalue weighted by Gasteiger charge is 2.42. The molecule has 1 aromatic rings. The van der Waals surface area contributed by atoms with Crippen LogP contribution in [0.25, 0.3) is 5.57 Å². The van der Waals surface area contributed by atoms with Crippen molar-refractivity contribution in [2.45, 2.75) is 20.8 Å². The number of carbonyl (C=O) groups is 3. The first-order chi connectivity index (χ1) is 14.3.